The first kappa shape index (κ1) is 13.3. The summed E-state index contributed by atoms with van der Waals surface area (Å²) in [5.41, 5.74) is 0.750. The summed E-state index contributed by atoms with van der Waals surface area (Å²) in [6.07, 6.45) is 1.89. The first-order valence-corrected chi connectivity index (χ1v) is 6.95. The molecule has 4 heteroatoms. The molecule has 1 aliphatic rings. The molecule has 1 aromatic carbocycles. The lowest BCUT2D eigenvalue weighted by atomic mass is 10.1. The first-order valence-electron chi connectivity index (χ1n) is 5.73. The van der Waals surface area contributed by atoms with Gasteiger partial charge in [0.25, 0.3) is 5.91 Å². The molecule has 0 spiro atoms. The van der Waals surface area contributed by atoms with Crippen molar-refractivity contribution in [2.75, 3.05) is 0 Å². The van der Waals surface area contributed by atoms with E-state index in [1.807, 2.05) is 57.2 Å². The summed E-state index contributed by atoms with van der Waals surface area (Å²) in [7, 11) is 0. The van der Waals surface area contributed by atoms with Gasteiger partial charge in [-0.3, -0.25) is 9.69 Å². The second kappa shape index (κ2) is 4.86. The van der Waals surface area contributed by atoms with Crippen molar-refractivity contribution in [3.05, 3.63) is 40.8 Å². The zero-order valence-corrected chi connectivity index (χ0v) is 12.3. The molecule has 2 rings (SSSR count). The fraction of sp³-hybridized carbons (Fsp3) is 0.286. The van der Waals surface area contributed by atoms with Gasteiger partial charge in [0.15, 0.2) is 0 Å². The SMILES string of the molecule is CC(C)(C)N1C(=O)/C(=C/c2ccccc2)SC1=S. The van der Waals surface area contributed by atoms with E-state index in [-0.39, 0.29) is 11.4 Å². The highest BCUT2D eigenvalue weighted by atomic mass is 32.2. The van der Waals surface area contributed by atoms with Crippen molar-refractivity contribution >= 4 is 40.3 Å². The molecule has 94 valence electrons. The number of carbonyl (C=O) groups excluding carboxylic acids is 1. The number of rotatable bonds is 1. The molecular weight excluding hydrogens is 262 g/mol. The second-order valence-electron chi connectivity index (χ2n) is 5.10. The van der Waals surface area contributed by atoms with Gasteiger partial charge in [-0.2, -0.15) is 0 Å². The quantitative estimate of drug-likeness (QED) is 0.577. The van der Waals surface area contributed by atoms with E-state index in [0.717, 1.165) is 5.56 Å². The Morgan fingerprint density at radius 3 is 2.33 bits per heavy atom. The Kier molecular flexibility index (Phi) is 3.59. The molecule has 1 amide bonds. The minimum Gasteiger partial charge on any atom is -0.288 e. The number of nitrogens with zero attached hydrogens (tertiary/aromatic N) is 1. The summed E-state index contributed by atoms with van der Waals surface area (Å²) in [5.74, 6) is 0.00125. The minimum atomic E-state index is -0.270. The van der Waals surface area contributed by atoms with Crippen molar-refractivity contribution in [2.24, 2.45) is 0 Å². The highest BCUT2D eigenvalue weighted by Crippen LogP contribution is 2.36. The molecule has 18 heavy (non-hydrogen) atoms. The second-order valence-corrected chi connectivity index (χ2v) is 6.77. The van der Waals surface area contributed by atoms with Crippen LogP contribution < -0.4 is 0 Å². The Morgan fingerprint density at radius 1 is 1.22 bits per heavy atom. The summed E-state index contributed by atoms with van der Waals surface area (Å²) in [6, 6.07) is 9.82. The van der Waals surface area contributed by atoms with Gasteiger partial charge in [-0.15, -0.1) is 0 Å². The van der Waals surface area contributed by atoms with Gasteiger partial charge in [-0.25, -0.2) is 0 Å². The van der Waals surface area contributed by atoms with Gasteiger partial charge in [-0.1, -0.05) is 54.3 Å². The minimum absolute atomic E-state index is 0.00125. The molecule has 0 saturated carbocycles. The van der Waals surface area contributed by atoms with Crippen LogP contribution in [0.1, 0.15) is 26.3 Å². The van der Waals surface area contributed by atoms with E-state index in [9.17, 15) is 4.79 Å². The van der Waals surface area contributed by atoms with Crippen LogP contribution in [0.4, 0.5) is 0 Å². The summed E-state index contributed by atoms with van der Waals surface area (Å²) in [6.45, 7) is 5.97. The van der Waals surface area contributed by atoms with Crippen LogP contribution >= 0.6 is 24.0 Å². The number of hydrogen-bond acceptors (Lipinski definition) is 3. The molecule has 1 aromatic rings. The van der Waals surface area contributed by atoms with Crippen LogP contribution in [0, 0.1) is 0 Å². The summed E-state index contributed by atoms with van der Waals surface area (Å²) in [5, 5.41) is 0. The number of thiocarbonyl (C=S) groups is 1. The molecule has 0 aliphatic carbocycles. The molecule has 0 bridgehead atoms. The van der Waals surface area contributed by atoms with E-state index in [4.69, 9.17) is 12.2 Å². The molecule has 1 heterocycles. The van der Waals surface area contributed by atoms with Crippen LogP contribution in [-0.2, 0) is 4.79 Å². The Labute approximate surface area is 117 Å². The lowest BCUT2D eigenvalue weighted by molar-refractivity contribution is -0.125. The van der Waals surface area contributed by atoms with Crippen LogP contribution in [0.5, 0.6) is 0 Å². The predicted octanol–water partition coefficient (Wildman–Crippen LogP) is 3.69. The predicted molar refractivity (Wildman–Crippen MR) is 81.2 cm³/mol. The lowest BCUT2D eigenvalue weighted by Crippen LogP contribution is -2.44. The lowest BCUT2D eigenvalue weighted by Gasteiger charge is -2.30. The molecule has 1 aliphatic heterocycles. The van der Waals surface area contributed by atoms with Gasteiger partial charge in [-0.05, 0) is 32.4 Å². The van der Waals surface area contributed by atoms with Crippen molar-refractivity contribution in [3.63, 3.8) is 0 Å². The highest BCUT2D eigenvalue weighted by molar-refractivity contribution is 8.26. The van der Waals surface area contributed by atoms with Crippen molar-refractivity contribution in [2.45, 2.75) is 26.3 Å². The Morgan fingerprint density at radius 2 is 1.83 bits per heavy atom. The van der Waals surface area contributed by atoms with Crippen LogP contribution in [-0.4, -0.2) is 20.7 Å². The average molecular weight is 277 g/mol. The number of hydrogen-bond donors (Lipinski definition) is 0. The molecule has 1 saturated heterocycles. The Balaban J connectivity index is 2.32. The molecule has 0 unspecified atom stereocenters. The van der Waals surface area contributed by atoms with Crippen molar-refractivity contribution in [1.29, 1.82) is 0 Å². The van der Waals surface area contributed by atoms with Crippen LogP contribution in [0.25, 0.3) is 6.08 Å². The van der Waals surface area contributed by atoms with E-state index < -0.39 is 0 Å². The van der Waals surface area contributed by atoms with Crippen LogP contribution in [0.15, 0.2) is 35.2 Å². The normalized spacial score (nSPS) is 18.8. The maximum absolute atomic E-state index is 12.3. The summed E-state index contributed by atoms with van der Waals surface area (Å²) >= 11 is 6.66. The van der Waals surface area contributed by atoms with Gasteiger partial charge < -0.3 is 0 Å². The molecule has 0 radical (unpaired) electrons. The van der Waals surface area contributed by atoms with Crippen LogP contribution in [0.3, 0.4) is 0 Å². The fourth-order valence-corrected chi connectivity index (χ4v) is 3.38. The molecule has 0 aromatic heterocycles. The van der Waals surface area contributed by atoms with Gasteiger partial charge in [0, 0.05) is 5.54 Å². The topological polar surface area (TPSA) is 20.3 Å². The molecule has 0 atom stereocenters. The van der Waals surface area contributed by atoms with Crippen molar-refractivity contribution in [1.82, 2.24) is 4.90 Å². The molecule has 1 fully saturated rings. The van der Waals surface area contributed by atoms with Crippen molar-refractivity contribution < 1.29 is 4.79 Å². The third-order valence-corrected chi connectivity index (χ3v) is 3.86. The standard InChI is InChI=1S/C14H15NOS2/c1-14(2,3)15-12(16)11(18-13(15)17)9-10-7-5-4-6-8-10/h4-9H,1-3H3/b11-9-. The summed E-state index contributed by atoms with van der Waals surface area (Å²) in [4.78, 5) is 14.7. The zero-order chi connectivity index (χ0) is 13.3. The van der Waals surface area contributed by atoms with E-state index in [1.165, 1.54) is 11.8 Å². The van der Waals surface area contributed by atoms with E-state index in [2.05, 4.69) is 0 Å². The third kappa shape index (κ3) is 2.65. The van der Waals surface area contributed by atoms with E-state index in [0.29, 0.717) is 9.23 Å². The molecular formula is C14H15NOS2. The highest BCUT2D eigenvalue weighted by Gasteiger charge is 2.38. The fourth-order valence-electron chi connectivity index (χ4n) is 1.75. The number of carbonyl (C=O) groups is 1. The molecule has 2 nitrogen and oxygen atoms in total. The van der Waals surface area contributed by atoms with Gasteiger partial charge in [0.05, 0.1) is 4.91 Å². The maximum atomic E-state index is 12.3. The number of benzene rings is 1. The maximum Gasteiger partial charge on any atom is 0.266 e. The smallest absolute Gasteiger partial charge is 0.266 e. The molecule has 0 N–H and O–H groups in total. The number of thioether (sulfide) groups is 1. The zero-order valence-electron chi connectivity index (χ0n) is 10.6. The van der Waals surface area contributed by atoms with Crippen molar-refractivity contribution in [3.8, 4) is 0 Å². The largest absolute Gasteiger partial charge is 0.288 e. The monoisotopic (exact) mass is 277 g/mol. The van der Waals surface area contributed by atoms with Gasteiger partial charge >= 0.3 is 0 Å². The van der Waals surface area contributed by atoms with Crippen LogP contribution in [0.2, 0.25) is 0 Å². The third-order valence-electron chi connectivity index (χ3n) is 2.56. The van der Waals surface area contributed by atoms with E-state index in [1.54, 1.807) is 4.90 Å². The van der Waals surface area contributed by atoms with Gasteiger partial charge in [0.1, 0.15) is 4.32 Å². The first-order chi connectivity index (χ1) is 8.39. The van der Waals surface area contributed by atoms with Gasteiger partial charge in [0.2, 0.25) is 0 Å². The number of amides is 1. The average Bonchev–Trinajstić information content (AvgIpc) is 2.54. The summed E-state index contributed by atoms with van der Waals surface area (Å²) < 4.78 is 0.634. The van der Waals surface area contributed by atoms with E-state index >= 15 is 0 Å². The Hall–Kier alpha value is -1.13. The Bertz CT molecular complexity index is 514.